The second-order valence-electron chi connectivity index (χ2n) is 3.76. The maximum Gasteiger partial charge on any atom is 0.397 e. The highest BCUT2D eigenvalue weighted by atomic mass is 19.4. The van der Waals surface area contributed by atoms with Crippen molar-refractivity contribution in [2.24, 2.45) is 5.73 Å². The van der Waals surface area contributed by atoms with Crippen LogP contribution in [0.3, 0.4) is 0 Å². The van der Waals surface area contributed by atoms with Crippen molar-refractivity contribution in [1.29, 1.82) is 0 Å². The molecule has 1 atom stereocenters. The van der Waals surface area contributed by atoms with E-state index in [1.54, 1.807) is 18.3 Å². The van der Waals surface area contributed by atoms with Crippen molar-refractivity contribution < 1.29 is 13.2 Å². The summed E-state index contributed by atoms with van der Waals surface area (Å²) in [5.74, 6) is -1.69. The van der Waals surface area contributed by atoms with E-state index in [0.29, 0.717) is 5.69 Å². The maximum atomic E-state index is 12.7. The lowest BCUT2D eigenvalue weighted by atomic mass is 10.0. The molecule has 0 spiro atoms. The SMILES string of the molecule is NCC(c1cnn(-c2cccnc2)c1)C(F)(F)F. The Balaban J connectivity index is 2.31. The van der Waals surface area contributed by atoms with Crippen LogP contribution in [0.5, 0.6) is 0 Å². The van der Waals surface area contributed by atoms with E-state index in [1.165, 1.54) is 23.3 Å². The zero-order valence-electron chi connectivity index (χ0n) is 9.30. The topological polar surface area (TPSA) is 56.7 Å². The van der Waals surface area contributed by atoms with Crippen molar-refractivity contribution in [2.45, 2.75) is 12.1 Å². The average molecular weight is 256 g/mol. The molecule has 2 N–H and O–H groups in total. The van der Waals surface area contributed by atoms with Gasteiger partial charge in [-0.05, 0) is 12.1 Å². The van der Waals surface area contributed by atoms with Gasteiger partial charge >= 0.3 is 6.18 Å². The Morgan fingerprint density at radius 1 is 1.33 bits per heavy atom. The van der Waals surface area contributed by atoms with E-state index >= 15 is 0 Å². The Hall–Kier alpha value is -1.89. The highest BCUT2D eigenvalue weighted by Gasteiger charge is 2.40. The molecule has 18 heavy (non-hydrogen) atoms. The number of rotatable bonds is 3. The van der Waals surface area contributed by atoms with Crippen LogP contribution in [0, 0.1) is 0 Å². The summed E-state index contributed by atoms with van der Waals surface area (Å²) in [6.45, 7) is -0.498. The Kier molecular flexibility index (Phi) is 3.33. The number of pyridine rings is 1. The first-order valence-electron chi connectivity index (χ1n) is 5.24. The van der Waals surface area contributed by atoms with E-state index < -0.39 is 18.6 Å². The number of nitrogens with zero attached hydrogens (tertiary/aromatic N) is 3. The van der Waals surface area contributed by atoms with Crippen molar-refractivity contribution in [3.05, 3.63) is 42.5 Å². The van der Waals surface area contributed by atoms with Crippen LogP contribution in [0.15, 0.2) is 36.9 Å². The smallest absolute Gasteiger partial charge is 0.330 e. The van der Waals surface area contributed by atoms with Crippen LogP contribution in [0.4, 0.5) is 13.2 Å². The number of halogens is 3. The molecule has 0 radical (unpaired) electrons. The zero-order chi connectivity index (χ0) is 13.2. The molecule has 0 fully saturated rings. The minimum absolute atomic E-state index is 0.0499. The molecule has 2 heterocycles. The molecule has 7 heteroatoms. The number of hydrogen-bond donors (Lipinski definition) is 1. The lowest BCUT2D eigenvalue weighted by molar-refractivity contribution is -0.148. The minimum Gasteiger partial charge on any atom is -0.330 e. The number of nitrogens with two attached hydrogens (primary N) is 1. The predicted molar refractivity (Wildman–Crippen MR) is 59.2 cm³/mol. The van der Waals surface area contributed by atoms with Gasteiger partial charge in [0.1, 0.15) is 0 Å². The van der Waals surface area contributed by atoms with Crippen molar-refractivity contribution >= 4 is 0 Å². The summed E-state index contributed by atoms with van der Waals surface area (Å²) in [6.07, 6.45) is 1.23. The third kappa shape index (κ3) is 2.51. The van der Waals surface area contributed by atoms with Crippen LogP contribution < -0.4 is 5.73 Å². The Bertz CT molecular complexity index is 507. The van der Waals surface area contributed by atoms with Crippen LogP contribution in [0.1, 0.15) is 11.5 Å². The molecule has 0 aliphatic carbocycles. The number of alkyl halides is 3. The summed E-state index contributed by atoms with van der Waals surface area (Å²) in [5.41, 5.74) is 5.82. The van der Waals surface area contributed by atoms with Gasteiger partial charge in [0.05, 0.1) is 24.0 Å². The molecular formula is C11H11F3N4. The summed E-state index contributed by atoms with van der Waals surface area (Å²) < 4.78 is 39.4. The highest BCUT2D eigenvalue weighted by molar-refractivity contribution is 5.28. The number of hydrogen-bond acceptors (Lipinski definition) is 3. The fourth-order valence-corrected chi connectivity index (χ4v) is 1.61. The molecule has 1 unspecified atom stereocenters. The summed E-state index contributed by atoms with van der Waals surface area (Å²) in [6, 6.07) is 3.38. The molecule has 2 rings (SSSR count). The Labute approximate surface area is 101 Å². The summed E-state index contributed by atoms with van der Waals surface area (Å²) in [4.78, 5) is 3.88. The summed E-state index contributed by atoms with van der Waals surface area (Å²) in [7, 11) is 0. The standard InChI is InChI=1S/C11H11F3N4/c12-11(13,14)10(4-15)8-5-17-18(7-8)9-2-1-3-16-6-9/h1-3,5-7,10H,4,15H2. The van der Waals surface area contributed by atoms with E-state index in [0.717, 1.165) is 0 Å². The highest BCUT2D eigenvalue weighted by Crippen LogP contribution is 2.33. The van der Waals surface area contributed by atoms with Crippen LogP contribution in [-0.4, -0.2) is 27.5 Å². The average Bonchev–Trinajstić information content (AvgIpc) is 2.78. The van der Waals surface area contributed by atoms with E-state index in [2.05, 4.69) is 10.1 Å². The van der Waals surface area contributed by atoms with Crippen LogP contribution in [0.25, 0.3) is 5.69 Å². The largest absolute Gasteiger partial charge is 0.397 e. The normalized spacial score (nSPS) is 13.6. The third-order valence-corrected chi connectivity index (χ3v) is 2.55. The van der Waals surface area contributed by atoms with Crippen molar-refractivity contribution in [2.75, 3.05) is 6.54 Å². The summed E-state index contributed by atoms with van der Waals surface area (Å²) in [5, 5.41) is 3.89. The van der Waals surface area contributed by atoms with Crippen molar-refractivity contribution in [3.8, 4) is 5.69 Å². The van der Waals surface area contributed by atoms with Gasteiger partial charge in [-0.3, -0.25) is 4.98 Å². The molecule has 2 aromatic heterocycles. The van der Waals surface area contributed by atoms with Gasteiger partial charge in [0.15, 0.2) is 0 Å². The Morgan fingerprint density at radius 3 is 2.67 bits per heavy atom. The van der Waals surface area contributed by atoms with E-state index in [9.17, 15) is 13.2 Å². The third-order valence-electron chi connectivity index (χ3n) is 2.55. The van der Waals surface area contributed by atoms with Gasteiger partial charge in [0, 0.05) is 24.5 Å². The predicted octanol–water partition coefficient (Wildman–Crippen LogP) is 1.87. The van der Waals surface area contributed by atoms with Gasteiger partial charge in [-0.2, -0.15) is 18.3 Å². The van der Waals surface area contributed by atoms with Gasteiger partial charge < -0.3 is 5.73 Å². The number of aromatic nitrogens is 3. The second-order valence-corrected chi connectivity index (χ2v) is 3.76. The quantitative estimate of drug-likeness (QED) is 0.912. The molecule has 4 nitrogen and oxygen atoms in total. The molecule has 0 saturated carbocycles. The van der Waals surface area contributed by atoms with Crippen molar-refractivity contribution in [3.63, 3.8) is 0 Å². The maximum absolute atomic E-state index is 12.7. The van der Waals surface area contributed by atoms with Crippen LogP contribution >= 0.6 is 0 Å². The molecule has 0 aliphatic heterocycles. The van der Waals surface area contributed by atoms with Gasteiger partial charge in [-0.1, -0.05) is 0 Å². The van der Waals surface area contributed by atoms with Crippen LogP contribution in [0.2, 0.25) is 0 Å². The molecule has 0 saturated heterocycles. The molecule has 96 valence electrons. The fourth-order valence-electron chi connectivity index (χ4n) is 1.61. The molecule has 0 amide bonds. The van der Waals surface area contributed by atoms with Crippen molar-refractivity contribution in [1.82, 2.24) is 14.8 Å². The Morgan fingerprint density at radius 2 is 2.11 bits per heavy atom. The van der Waals surface area contributed by atoms with Gasteiger partial charge in [-0.25, -0.2) is 4.68 Å². The van der Waals surface area contributed by atoms with E-state index in [-0.39, 0.29) is 5.56 Å². The minimum atomic E-state index is -4.36. The monoisotopic (exact) mass is 256 g/mol. The summed E-state index contributed by atoms with van der Waals surface area (Å²) >= 11 is 0. The van der Waals surface area contributed by atoms with Gasteiger partial charge in [0.2, 0.25) is 0 Å². The first kappa shape index (κ1) is 12.6. The van der Waals surface area contributed by atoms with Gasteiger partial charge in [0.25, 0.3) is 0 Å². The molecule has 0 bridgehead atoms. The molecule has 0 aliphatic rings. The molecule has 2 aromatic rings. The fraction of sp³-hybridized carbons (Fsp3) is 0.273. The molecular weight excluding hydrogens is 245 g/mol. The van der Waals surface area contributed by atoms with E-state index in [1.807, 2.05) is 0 Å². The van der Waals surface area contributed by atoms with Crippen LogP contribution in [-0.2, 0) is 0 Å². The van der Waals surface area contributed by atoms with Gasteiger partial charge in [-0.15, -0.1) is 0 Å². The first-order valence-corrected chi connectivity index (χ1v) is 5.24. The van der Waals surface area contributed by atoms with E-state index in [4.69, 9.17) is 5.73 Å². The lowest BCUT2D eigenvalue weighted by Gasteiger charge is -2.16. The zero-order valence-corrected chi connectivity index (χ0v) is 9.30. The second kappa shape index (κ2) is 4.77. The molecule has 0 aromatic carbocycles. The first-order chi connectivity index (χ1) is 8.52. The lowest BCUT2D eigenvalue weighted by Crippen LogP contribution is -2.27.